The summed E-state index contributed by atoms with van der Waals surface area (Å²) in [4.78, 5) is 52.2. The molecule has 0 N–H and O–H groups in total. The predicted octanol–water partition coefficient (Wildman–Crippen LogP) is 0.849. The quantitative estimate of drug-likeness (QED) is 0.445. The number of amidine groups is 2. The van der Waals surface area contributed by atoms with Gasteiger partial charge in [-0.15, -0.1) is 10.2 Å². The highest BCUT2D eigenvalue weighted by atomic mass is 16.6. The number of amides is 4. The Kier molecular flexibility index (Phi) is 5.66. The molecule has 6 aliphatic heterocycles. The molecule has 4 amide bonds. The van der Waals surface area contributed by atoms with E-state index in [-0.39, 0.29) is 25.3 Å². The fourth-order valence-corrected chi connectivity index (χ4v) is 5.33. The third-order valence-electron chi connectivity index (χ3n) is 7.41. The molecule has 7 rings (SSSR count). The Bertz CT molecular complexity index is 1210. The maximum absolute atomic E-state index is 13.3. The second-order valence-corrected chi connectivity index (χ2v) is 11.0. The molecule has 2 bridgehead atoms. The summed E-state index contributed by atoms with van der Waals surface area (Å²) in [7, 11) is 3.14. The number of benzene rings is 1. The first-order chi connectivity index (χ1) is 18.6. The lowest BCUT2D eigenvalue weighted by Gasteiger charge is -2.39. The fraction of sp³-hybridized carbons (Fsp3) is 0.520. The standard InChI is InChI=1S/C25H30N8O6/c1-25(2)13-38-21(34)17-9-11-30-23(36)28(3)26-19(32(17)30)15-5-7-16(8-6-15)20-27-29(4)24(37)31-12-10-18(33(20)31)22(35)39-14-25/h5-8,17-18H,9-14H2,1-4H3. The maximum atomic E-state index is 13.3. The van der Waals surface area contributed by atoms with Gasteiger partial charge in [-0.2, -0.15) is 0 Å². The van der Waals surface area contributed by atoms with Crippen molar-refractivity contribution in [3.63, 3.8) is 0 Å². The summed E-state index contributed by atoms with van der Waals surface area (Å²) in [5.41, 5.74) is 0.663. The van der Waals surface area contributed by atoms with Crippen molar-refractivity contribution in [2.75, 3.05) is 40.4 Å². The van der Waals surface area contributed by atoms with Crippen LogP contribution < -0.4 is 0 Å². The van der Waals surface area contributed by atoms with Crippen molar-refractivity contribution in [3.05, 3.63) is 35.4 Å². The Hall–Kier alpha value is -4.36. The predicted molar refractivity (Wildman–Crippen MR) is 135 cm³/mol. The highest BCUT2D eigenvalue weighted by Crippen LogP contribution is 2.31. The minimum Gasteiger partial charge on any atom is -0.463 e. The zero-order valence-corrected chi connectivity index (χ0v) is 22.2. The van der Waals surface area contributed by atoms with E-state index < -0.39 is 29.4 Å². The third kappa shape index (κ3) is 4.01. The van der Waals surface area contributed by atoms with E-state index in [9.17, 15) is 19.2 Å². The van der Waals surface area contributed by atoms with E-state index in [1.165, 1.54) is 20.0 Å². The van der Waals surface area contributed by atoms with Crippen molar-refractivity contribution in [3.8, 4) is 0 Å². The van der Waals surface area contributed by atoms with Gasteiger partial charge in [-0.1, -0.05) is 38.1 Å². The molecule has 0 saturated carbocycles. The van der Waals surface area contributed by atoms with Gasteiger partial charge >= 0.3 is 24.0 Å². The van der Waals surface area contributed by atoms with Crippen molar-refractivity contribution < 1.29 is 28.7 Å². The van der Waals surface area contributed by atoms with Gasteiger partial charge in [0.05, 0.1) is 13.2 Å². The summed E-state index contributed by atoms with van der Waals surface area (Å²) in [5.74, 6) is -0.0998. The Morgan fingerprint density at radius 1 is 0.718 bits per heavy atom. The number of nitrogens with zero attached hydrogens (tertiary/aromatic N) is 8. The van der Waals surface area contributed by atoms with Crippen molar-refractivity contribution in [1.82, 2.24) is 30.1 Å². The van der Waals surface area contributed by atoms with Gasteiger partial charge in [0, 0.05) is 56.6 Å². The Morgan fingerprint density at radius 2 is 1.10 bits per heavy atom. The summed E-state index contributed by atoms with van der Waals surface area (Å²) in [6.07, 6.45) is 0.767. The molecule has 6 heterocycles. The van der Waals surface area contributed by atoms with Crippen molar-refractivity contribution in [2.45, 2.75) is 38.8 Å². The average molecular weight is 539 g/mol. The van der Waals surface area contributed by atoms with Gasteiger partial charge in [0.1, 0.15) is 0 Å². The van der Waals surface area contributed by atoms with Gasteiger partial charge in [-0.05, 0) is 0 Å². The Balaban J connectivity index is 1.45. The highest BCUT2D eigenvalue weighted by molar-refractivity contribution is 6.06. The highest BCUT2D eigenvalue weighted by Gasteiger charge is 2.48. The van der Waals surface area contributed by atoms with Gasteiger partial charge in [0.25, 0.3) is 0 Å². The number of fused-ring (bicyclic) bond motifs is 8. The van der Waals surface area contributed by atoms with Gasteiger partial charge in [-0.3, -0.25) is 0 Å². The summed E-state index contributed by atoms with van der Waals surface area (Å²) < 4.78 is 11.4. The summed E-state index contributed by atoms with van der Waals surface area (Å²) in [5, 5.41) is 17.7. The molecule has 39 heavy (non-hydrogen) atoms. The van der Waals surface area contributed by atoms with E-state index in [0.717, 1.165) is 0 Å². The van der Waals surface area contributed by atoms with E-state index in [0.29, 0.717) is 48.7 Å². The summed E-state index contributed by atoms with van der Waals surface area (Å²) in [6.45, 7) is 4.36. The average Bonchev–Trinajstić information content (AvgIpc) is 3.56. The number of urea groups is 2. The number of hydrogen-bond acceptors (Lipinski definition) is 10. The minimum atomic E-state index is -0.739. The molecule has 2 saturated heterocycles. The molecule has 0 spiro atoms. The Labute approximate surface area is 224 Å². The van der Waals surface area contributed by atoms with E-state index in [1.54, 1.807) is 24.1 Å². The van der Waals surface area contributed by atoms with Gasteiger partial charge in [0.2, 0.25) is 0 Å². The summed E-state index contributed by atoms with van der Waals surface area (Å²) >= 11 is 0. The van der Waals surface area contributed by atoms with Crippen molar-refractivity contribution in [2.24, 2.45) is 15.6 Å². The number of hydrogen-bond donors (Lipinski definition) is 0. The number of hydrazine groups is 2. The SMILES string of the molecule is CN1N=C2c3ccc(cc3)C3=NN(C)C(=O)N4CCC(C(=O)OCC(C)(C)COC(=O)C5CCN(C1=O)N25)N34. The second kappa shape index (κ2) is 8.85. The monoisotopic (exact) mass is 538 g/mol. The second-order valence-electron chi connectivity index (χ2n) is 11.0. The lowest BCUT2D eigenvalue weighted by Crippen LogP contribution is -2.57. The van der Waals surface area contributed by atoms with Crippen molar-refractivity contribution >= 4 is 35.7 Å². The van der Waals surface area contributed by atoms with E-state index >= 15 is 0 Å². The van der Waals surface area contributed by atoms with Gasteiger partial charge < -0.3 is 9.47 Å². The first-order valence-corrected chi connectivity index (χ1v) is 12.9. The van der Waals surface area contributed by atoms with Crippen LogP contribution in [0, 0.1) is 5.41 Å². The molecule has 14 nitrogen and oxygen atoms in total. The lowest BCUT2D eigenvalue weighted by molar-refractivity contribution is -0.158. The molecule has 14 heteroatoms. The van der Waals surface area contributed by atoms with Crippen LogP contribution in [0.2, 0.25) is 0 Å². The zero-order chi connectivity index (χ0) is 27.6. The number of carbonyl (C=O) groups excluding carboxylic acids is 4. The molecular weight excluding hydrogens is 508 g/mol. The van der Waals surface area contributed by atoms with Crippen LogP contribution in [0.4, 0.5) is 9.59 Å². The molecule has 2 unspecified atom stereocenters. The molecule has 1 aromatic rings. The lowest BCUT2D eigenvalue weighted by atomic mass is 9.96. The molecule has 2 fully saturated rings. The van der Waals surface area contributed by atoms with Crippen LogP contribution >= 0.6 is 0 Å². The van der Waals surface area contributed by atoms with Crippen LogP contribution in [0.1, 0.15) is 37.8 Å². The van der Waals surface area contributed by atoms with Crippen LogP contribution in [-0.4, -0.2) is 118 Å². The van der Waals surface area contributed by atoms with Crippen LogP contribution in [0.3, 0.4) is 0 Å². The molecule has 2 atom stereocenters. The first-order valence-electron chi connectivity index (χ1n) is 12.9. The van der Waals surface area contributed by atoms with Crippen LogP contribution in [0.15, 0.2) is 34.5 Å². The number of carbonyl (C=O) groups is 4. The summed E-state index contributed by atoms with van der Waals surface area (Å²) in [6, 6.07) is 5.08. The van der Waals surface area contributed by atoms with Gasteiger partial charge in [-0.25, -0.2) is 49.2 Å². The molecule has 0 aliphatic carbocycles. The molecule has 0 aromatic heterocycles. The largest absolute Gasteiger partial charge is 0.463 e. The molecular formula is C25H30N8O6. The van der Waals surface area contributed by atoms with E-state index in [1.807, 2.05) is 38.1 Å². The van der Waals surface area contributed by atoms with Crippen LogP contribution in [-0.2, 0) is 19.1 Å². The number of rotatable bonds is 0. The minimum absolute atomic E-state index is 0.00851. The maximum Gasteiger partial charge on any atom is 0.359 e. The van der Waals surface area contributed by atoms with Crippen molar-refractivity contribution in [1.29, 1.82) is 0 Å². The van der Waals surface area contributed by atoms with E-state index in [4.69, 9.17) is 9.47 Å². The zero-order valence-electron chi connectivity index (χ0n) is 22.2. The van der Waals surface area contributed by atoms with E-state index in [2.05, 4.69) is 10.2 Å². The fourth-order valence-electron chi connectivity index (χ4n) is 5.33. The molecule has 206 valence electrons. The Morgan fingerprint density at radius 3 is 1.49 bits per heavy atom. The first kappa shape index (κ1) is 24.9. The number of ether oxygens (including phenoxy) is 2. The number of hydrazone groups is 2. The molecule has 0 radical (unpaired) electrons. The third-order valence-corrected chi connectivity index (χ3v) is 7.41. The molecule has 1 aromatic carbocycles. The topological polar surface area (TPSA) is 131 Å². The smallest absolute Gasteiger partial charge is 0.359 e. The molecule has 6 aliphatic rings. The number of esters is 2. The van der Waals surface area contributed by atoms with Gasteiger partial charge in [0.15, 0.2) is 23.8 Å². The van der Waals surface area contributed by atoms with Crippen LogP contribution in [0.5, 0.6) is 0 Å². The van der Waals surface area contributed by atoms with Crippen LogP contribution in [0.25, 0.3) is 0 Å². The normalized spacial score (nSPS) is 26.7.